The Bertz CT molecular complexity index is 905. The van der Waals surface area contributed by atoms with Crippen LogP contribution < -0.4 is 10.5 Å². The van der Waals surface area contributed by atoms with Crippen molar-refractivity contribution in [2.24, 2.45) is 5.73 Å². The fraction of sp³-hybridized carbons (Fsp3) is 0.364. The lowest BCUT2D eigenvalue weighted by Gasteiger charge is -2.36. The van der Waals surface area contributed by atoms with E-state index in [-0.39, 0.29) is 5.75 Å². The number of carbonyl (C=O) groups excluding carboxylic acids is 1. The third-order valence-electron chi connectivity index (χ3n) is 5.23. The van der Waals surface area contributed by atoms with Crippen LogP contribution >= 0.6 is 0 Å². The van der Waals surface area contributed by atoms with E-state index < -0.39 is 24.4 Å². The predicted octanol–water partition coefficient (Wildman–Crippen LogP) is 4.03. The Kier molecular flexibility index (Phi) is 6.63. The van der Waals surface area contributed by atoms with Crippen LogP contribution in [-0.4, -0.2) is 35.8 Å². The molecule has 8 heteroatoms. The number of nitrogens with zero attached hydrogens (tertiary/aromatic N) is 2. The predicted molar refractivity (Wildman–Crippen MR) is 105 cm³/mol. The van der Waals surface area contributed by atoms with Crippen LogP contribution in [-0.2, 0) is 11.2 Å². The molecule has 0 aromatic heterocycles. The van der Waals surface area contributed by atoms with Crippen LogP contribution in [0.25, 0.3) is 11.1 Å². The Labute approximate surface area is 172 Å². The molecule has 0 spiro atoms. The molecule has 30 heavy (non-hydrogen) atoms. The summed E-state index contributed by atoms with van der Waals surface area (Å²) in [6, 6.07) is 14.5. The summed E-state index contributed by atoms with van der Waals surface area (Å²) in [4.78, 5) is 13.6. The quantitative estimate of drug-likeness (QED) is 0.770. The van der Waals surface area contributed by atoms with Gasteiger partial charge in [0.25, 0.3) is 0 Å². The van der Waals surface area contributed by atoms with Crippen LogP contribution in [0.4, 0.5) is 13.2 Å². The van der Waals surface area contributed by atoms with Gasteiger partial charge in [0.15, 0.2) is 0 Å². The number of alkyl halides is 3. The second-order valence-corrected chi connectivity index (χ2v) is 7.27. The number of hydrogen-bond acceptors (Lipinski definition) is 4. The molecule has 0 aliphatic carbocycles. The van der Waals surface area contributed by atoms with Crippen molar-refractivity contribution in [1.29, 1.82) is 5.26 Å². The number of nitrogens with two attached hydrogens (primary N) is 1. The first kappa shape index (κ1) is 21.7. The van der Waals surface area contributed by atoms with Crippen molar-refractivity contribution in [1.82, 2.24) is 4.90 Å². The van der Waals surface area contributed by atoms with Gasteiger partial charge in [-0.1, -0.05) is 42.8 Å². The van der Waals surface area contributed by atoms with Gasteiger partial charge in [0.1, 0.15) is 11.8 Å². The molecule has 1 aliphatic rings. The highest BCUT2D eigenvalue weighted by molar-refractivity contribution is 5.80. The lowest BCUT2D eigenvalue weighted by Crippen LogP contribution is -2.52. The maximum Gasteiger partial charge on any atom is 0.573 e. The molecular formula is C22H22F3N3O2. The van der Waals surface area contributed by atoms with Gasteiger partial charge in [-0.25, -0.2) is 0 Å². The lowest BCUT2D eigenvalue weighted by molar-refractivity contribution is -0.274. The summed E-state index contributed by atoms with van der Waals surface area (Å²) >= 11 is 0. The van der Waals surface area contributed by atoms with Gasteiger partial charge < -0.3 is 10.5 Å². The van der Waals surface area contributed by atoms with Crippen LogP contribution in [0, 0.1) is 11.3 Å². The third kappa shape index (κ3) is 5.51. The molecule has 1 saturated heterocycles. The first-order valence-corrected chi connectivity index (χ1v) is 9.66. The largest absolute Gasteiger partial charge is 0.573 e. The molecule has 0 bridgehead atoms. The summed E-state index contributed by atoms with van der Waals surface area (Å²) in [6.45, 7) is 0.663. The molecule has 1 amide bonds. The highest BCUT2D eigenvalue weighted by Crippen LogP contribution is 2.27. The number of primary amides is 1. The topological polar surface area (TPSA) is 79.3 Å². The van der Waals surface area contributed by atoms with Crippen molar-refractivity contribution >= 4 is 5.91 Å². The maximum absolute atomic E-state index is 12.3. The first-order chi connectivity index (χ1) is 14.3. The zero-order valence-corrected chi connectivity index (χ0v) is 16.2. The number of carbonyl (C=O) groups is 1. The molecule has 158 valence electrons. The van der Waals surface area contributed by atoms with Gasteiger partial charge >= 0.3 is 6.36 Å². The van der Waals surface area contributed by atoms with Crippen molar-refractivity contribution in [3.05, 3.63) is 54.1 Å². The number of hydrogen-bond donors (Lipinski definition) is 1. The van der Waals surface area contributed by atoms with Crippen molar-refractivity contribution in [3.8, 4) is 22.9 Å². The number of amides is 1. The molecule has 2 N–H and O–H groups in total. The molecule has 2 aromatic rings. The SMILES string of the molecule is N#C[C@H](Cc1ccc(-c2ccc(OC(F)(F)F)cc2)cc1)N1CCCCC1C(N)=O. The van der Waals surface area contributed by atoms with Crippen LogP contribution in [0.5, 0.6) is 5.75 Å². The van der Waals surface area contributed by atoms with E-state index in [2.05, 4.69) is 10.8 Å². The van der Waals surface area contributed by atoms with Crippen LogP contribution in [0.15, 0.2) is 48.5 Å². The van der Waals surface area contributed by atoms with Gasteiger partial charge in [-0.15, -0.1) is 13.2 Å². The van der Waals surface area contributed by atoms with E-state index in [1.807, 2.05) is 29.2 Å². The second kappa shape index (κ2) is 9.18. The van der Waals surface area contributed by atoms with Crippen molar-refractivity contribution in [3.63, 3.8) is 0 Å². The van der Waals surface area contributed by atoms with Gasteiger partial charge in [-0.05, 0) is 41.7 Å². The number of nitriles is 1. The Morgan fingerprint density at radius 1 is 1.13 bits per heavy atom. The first-order valence-electron chi connectivity index (χ1n) is 9.66. The minimum absolute atomic E-state index is 0.273. The molecule has 2 aromatic carbocycles. The Balaban J connectivity index is 1.69. The fourth-order valence-electron chi connectivity index (χ4n) is 3.78. The molecular weight excluding hydrogens is 395 g/mol. The van der Waals surface area contributed by atoms with E-state index in [1.54, 1.807) is 12.1 Å². The molecule has 0 saturated carbocycles. The standard InChI is InChI=1S/C22H22F3N3O2/c23-22(24,25)30-19-10-8-17(9-11-19)16-6-4-15(5-7-16)13-18(14-26)28-12-2-1-3-20(28)21(27)29/h4-11,18,20H,1-3,12-13H2,(H2,27,29)/t18-,20?/m0/s1. The van der Waals surface area contributed by atoms with Crippen LogP contribution in [0.3, 0.4) is 0 Å². The summed E-state index contributed by atoms with van der Waals surface area (Å²) in [5.74, 6) is -0.673. The van der Waals surface area contributed by atoms with Gasteiger partial charge in [0, 0.05) is 13.0 Å². The number of rotatable bonds is 6. The number of halogens is 3. The molecule has 2 atom stereocenters. The minimum atomic E-state index is -4.72. The summed E-state index contributed by atoms with van der Waals surface area (Å²) in [5.41, 5.74) is 8.02. The van der Waals surface area contributed by atoms with Crippen LogP contribution in [0.1, 0.15) is 24.8 Å². The zero-order valence-electron chi connectivity index (χ0n) is 16.2. The Morgan fingerprint density at radius 2 is 1.73 bits per heavy atom. The second-order valence-electron chi connectivity index (χ2n) is 7.27. The molecule has 1 unspecified atom stereocenters. The Morgan fingerprint density at radius 3 is 2.27 bits per heavy atom. The molecule has 1 aliphatic heterocycles. The monoisotopic (exact) mass is 417 g/mol. The molecule has 1 fully saturated rings. The summed E-state index contributed by atoms with van der Waals surface area (Å²) in [6.07, 6.45) is -1.75. The minimum Gasteiger partial charge on any atom is -0.406 e. The molecule has 1 heterocycles. The van der Waals surface area contributed by atoms with Crippen LogP contribution in [0.2, 0.25) is 0 Å². The molecule has 0 radical (unpaired) electrons. The smallest absolute Gasteiger partial charge is 0.406 e. The fourth-order valence-corrected chi connectivity index (χ4v) is 3.78. The summed E-state index contributed by atoms with van der Waals surface area (Å²) < 4.78 is 40.7. The zero-order chi connectivity index (χ0) is 21.7. The highest BCUT2D eigenvalue weighted by atomic mass is 19.4. The van der Waals surface area contributed by atoms with Crippen molar-refractivity contribution < 1.29 is 22.7 Å². The van der Waals surface area contributed by atoms with E-state index in [9.17, 15) is 23.2 Å². The summed E-state index contributed by atoms with van der Waals surface area (Å²) in [7, 11) is 0. The third-order valence-corrected chi connectivity index (χ3v) is 5.23. The number of benzene rings is 2. The average molecular weight is 417 g/mol. The number of likely N-dealkylation sites (tertiary alicyclic amines) is 1. The number of ether oxygens (including phenoxy) is 1. The van der Waals surface area contributed by atoms with E-state index in [4.69, 9.17) is 5.73 Å². The van der Waals surface area contributed by atoms with Gasteiger partial charge in [0.05, 0.1) is 12.1 Å². The highest BCUT2D eigenvalue weighted by Gasteiger charge is 2.32. The van der Waals surface area contributed by atoms with Gasteiger partial charge in [-0.3, -0.25) is 9.69 Å². The van der Waals surface area contributed by atoms with Gasteiger partial charge in [-0.2, -0.15) is 5.26 Å². The lowest BCUT2D eigenvalue weighted by atomic mass is 9.95. The summed E-state index contributed by atoms with van der Waals surface area (Å²) in [5, 5.41) is 9.64. The van der Waals surface area contributed by atoms with E-state index in [1.165, 1.54) is 12.1 Å². The normalized spacial score (nSPS) is 18.4. The van der Waals surface area contributed by atoms with E-state index in [0.29, 0.717) is 19.4 Å². The van der Waals surface area contributed by atoms with Crippen molar-refractivity contribution in [2.45, 2.75) is 44.1 Å². The number of piperidine rings is 1. The Hall–Kier alpha value is -3.05. The van der Waals surface area contributed by atoms with E-state index in [0.717, 1.165) is 29.5 Å². The van der Waals surface area contributed by atoms with E-state index >= 15 is 0 Å². The van der Waals surface area contributed by atoms with Gasteiger partial charge in [0.2, 0.25) is 5.91 Å². The van der Waals surface area contributed by atoms with Crippen molar-refractivity contribution in [2.75, 3.05) is 6.54 Å². The average Bonchev–Trinajstić information content (AvgIpc) is 2.72. The maximum atomic E-state index is 12.3. The molecule has 3 rings (SSSR count). The molecule has 5 nitrogen and oxygen atoms in total.